The van der Waals surface area contributed by atoms with E-state index in [0.29, 0.717) is 22.7 Å². The summed E-state index contributed by atoms with van der Waals surface area (Å²) in [5.41, 5.74) is 0.977. The molecule has 1 aliphatic heterocycles. The van der Waals surface area contributed by atoms with Gasteiger partial charge in [-0.05, 0) is 17.7 Å². The minimum Gasteiger partial charge on any atom is -0.493 e. The topological polar surface area (TPSA) is 96.3 Å². The van der Waals surface area contributed by atoms with Crippen LogP contribution in [0.5, 0.6) is 11.5 Å². The molecule has 2 N–H and O–H groups in total. The number of hydrogen-bond donors (Lipinski definition) is 2. The largest absolute Gasteiger partial charge is 0.493 e. The van der Waals surface area contributed by atoms with Crippen LogP contribution in [0.2, 0.25) is 0 Å². The van der Waals surface area contributed by atoms with Crippen LogP contribution in [0.25, 0.3) is 0 Å². The highest BCUT2D eigenvalue weighted by Gasteiger charge is 2.29. The van der Waals surface area contributed by atoms with Gasteiger partial charge in [0.05, 0.1) is 25.8 Å². The molecule has 0 fully saturated rings. The van der Waals surface area contributed by atoms with Crippen LogP contribution in [0.15, 0.2) is 12.1 Å². The number of benzene rings is 1. The lowest BCUT2D eigenvalue weighted by atomic mass is 10.1. The van der Waals surface area contributed by atoms with Crippen molar-refractivity contribution in [1.82, 2.24) is 0 Å². The molecule has 0 radical (unpaired) electrons. The first-order chi connectivity index (χ1) is 9.56. The van der Waals surface area contributed by atoms with Gasteiger partial charge in [-0.25, -0.2) is 0 Å². The van der Waals surface area contributed by atoms with Crippen LogP contribution in [0, 0.1) is 0 Å². The molecule has 20 heavy (non-hydrogen) atoms. The number of anilines is 1. The van der Waals surface area contributed by atoms with E-state index in [1.807, 2.05) is 0 Å². The van der Waals surface area contributed by atoms with Crippen molar-refractivity contribution in [3.63, 3.8) is 0 Å². The maximum Gasteiger partial charge on any atom is 0.305 e. The minimum atomic E-state index is -0.990. The summed E-state index contributed by atoms with van der Waals surface area (Å²) in [5, 5.41) is 18.0. The highest BCUT2D eigenvalue weighted by Crippen LogP contribution is 2.41. The molecule has 0 aromatic heterocycles. The molecule has 0 spiro atoms. The molecule has 0 atom stereocenters. The zero-order chi connectivity index (χ0) is 14.7. The predicted molar refractivity (Wildman–Crippen MR) is 69.0 cm³/mol. The molecule has 1 amide bonds. The van der Waals surface area contributed by atoms with E-state index in [1.165, 1.54) is 12.0 Å². The van der Waals surface area contributed by atoms with Crippen LogP contribution in [0.1, 0.15) is 12.0 Å². The van der Waals surface area contributed by atoms with Crippen LogP contribution in [-0.4, -0.2) is 42.4 Å². The lowest BCUT2D eigenvalue weighted by molar-refractivity contribution is -0.136. The summed E-state index contributed by atoms with van der Waals surface area (Å²) in [4.78, 5) is 23.9. The molecule has 0 saturated carbocycles. The molecule has 0 unspecified atom stereocenters. The van der Waals surface area contributed by atoms with Crippen LogP contribution >= 0.6 is 0 Å². The molecule has 1 aromatic rings. The van der Waals surface area contributed by atoms with Gasteiger partial charge >= 0.3 is 5.97 Å². The Hall–Kier alpha value is -2.28. The number of hydrogen-bond acceptors (Lipinski definition) is 5. The van der Waals surface area contributed by atoms with Crippen LogP contribution < -0.4 is 14.4 Å². The molecule has 7 nitrogen and oxygen atoms in total. The second-order valence-electron chi connectivity index (χ2n) is 4.28. The van der Waals surface area contributed by atoms with E-state index in [2.05, 4.69) is 0 Å². The Labute approximate surface area is 115 Å². The minimum absolute atomic E-state index is 0.0442. The number of aliphatic carboxylic acids is 1. The molecule has 2 rings (SSSR count). The fraction of sp³-hybridized carbons (Fsp3) is 0.385. The monoisotopic (exact) mass is 281 g/mol. The van der Waals surface area contributed by atoms with E-state index in [-0.39, 0.29) is 32.1 Å². The number of aliphatic hydroxyl groups is 1. The number of carbonyl (C=O) groups excluding carboxylic acids is 1. The first-order valence-electron chi connectivity index (χ1n) is 6.03. The highest BCUT2D eigenvalue weighted by molar-refractivity contribution is 5.99. The number of carbonyl (C=O) groups is 2. The summed E-state index contributed by atoms with van der Waals surface area (Å²) in [7, 11) is 1.46. The maximum absolute atomic E-state index is 11.9. The van der Waals surface area contributed by atoms with E-state index >= 15 is 0 Å². The number of carboxylic acid groups (broad SMARTS) is 1. The fourth-order valence-corrected chi connectivity index (χ4v) is 2.03. The van der Waals surface area contributed by atoms with Gasteiger partial charge in [-0.3, -0.25) is 9.59 Å². The number of aliphatic hydroxyl groups excluding tert-OH is 1. The molecular formula is C13H15NO6. The van der Waals surface area contributed by atoms with Crippen molar-refractivity contribution >= 4 is 17.6 Å². The number of amides is 1. The summed E-state index contributed by atoms with van der Waals surface area (Å²) >= 11 is 0. The first-order valence-corrected chi connectivity index (χ1v) is 6.03. The molecule has 0 bridgehead atoms. The predicted octanol–water partition coefficient (Wildman–Crippen LogP) is 0.388. The van der Waals surface area contributed by atoms with Gasteiger partial charge in [-0.2, -0.15) is 0 Å². The van der Waals surface area contributed by atoms with Crippen molar-refractivity contribution < 1.29 is 29.3 Å². The summed E-state index contributed by atoms with van der Waals surface area (Å²) in [6, 6.07) is 3.21. The molecule has 7 heteroatoms. The molecule has 1 aliphatic rings. The summed E-state index contributed by atoms with van der Waals surface area (Å²) in [6.07, 6.45) is -0.170. The lowest BCUT2D eigenvalue weighted by Gasteiger charge is -2.30. The highest BCUT2D eigenvalue weighted by atomic mass is 16.5. The number of fused-ring (bicyclic) bond motifs is 1. The van der Waals surface area contributed by atoms with Crippen molar-refractivity contribution in [1.29, 1.82) is 0 Å². The molecule has 1 aromatic carbocycles. The zero-order valence-corrected chi connectivity index (χ0v) is 11.0. The van der Waals surface area contributed by atoms with Gasteiger partial charge in [0.1, 0.15) is 0 Å². The van der Waals surface area contributed by atoms with Crippen LogP contribution in [0.4, 0.5) is 5.69 Å². The Balaban J connectivity index is 2.42. The van der Waals surface area contributed by atoms with E-state index in [4.69, 9.17) is 14.6 Å². The van der Waals surface area contributed by atoms with Crippen LogP contribution in [-0.2, 0) is 16.2 Å². The number of carboxylic acids is 1. The number of ether oxygens (including phenoxy) is 2. The van der Waals surface area contributed by atoms with Crippen molar-refractivity contribution in [2.75, 3.05) is 25.2 Å². The van der Waals surface area contributed by atoms with Gasteiger partial charge in [-0.15, -0.1) is 0 Å². The summed E-state index contributed by atoms with van der Waals surface area (Å²) in [5.74, 6) is -0.527. The third kappa shape index (κ3) is 2.67. The normalized spacial score (nSPS) is 13.7. The van der Waals surface area contributed by atoms with Gasteiger partial charge in [0.2, 0.25) is 0 Å². The Kier molecular flexibility index (Phi) is 4.09. The quantitative estimate of drug-likeness (QED) is 0.810. The second-order valence-corrected chi connectivity index (χ2v) is 4.28. The Morgan fingerprint density at radius 3 is 2.85 bits per heavy atom. The second kappa shape index (κ2) is 5.79. The smallest absolute Gasteiger partial charge is 0.305 e. The Morgan fingerprint density at radius 2 is 2.25 bits per heavy atom. The third-order valence-corrected chi connectivity index (χ3v) is 2.98. The standard InChI is InChI=1S/C13H15NO6/c1-19-10-5-8(6-15)4-9-13(10)20-7-11(16)14(9)3-2-12(17)18/h4-5,15H,2-3,6-7H2,1H3,(H,17,18). The molecule has 0 aliphatic carbocycles. The van der Waals surface area contributed by atoms with Crippen molar-refractivity contribution in [3.8, 4) is 11.5 Å². The Morgan fingerprint density at radius 1 is 1.50 bits per heavy atom. The SMILES string of the molecule is COc1cc(CO)cc2c1OCC(=O)N2CCC(=O)O. The van der Waals surface area contributed by atoms with E-state index in [0.717, 1.165) is 0 Å². The average molecular weight is 281 g/mol. The zero-order valence-electron chi connectivity index (χ0n) is 11.0. The van der Waals surface area contributed by atoms with E-state index in [9.17, 15) is 14.7 Å². The summed E-state index contributed by atoms with van der Waals surface area (Å²) in [6.45, 7) is -0.339. The summed E-state index contributed by atoms with van der Waals surface area (Å²) < 4.78 is 10.5. The Bertz CT molecular complexity index is 542. The van der Waals surface area contributed by atoms with Crippen molar-refractivity contribution in [3.05, 3.63) is 17.7 Å². The van der Waals surface area contributed by atoms with Crippen molar-refractivity contribution in [2.24, 2.45) is 0 Å². The lowest BCUT2D eigenvalue weighted by Crippen LogP contribution is -2.40. The van der Waals surface area contributed by atoms with Crippen LogP contribution in [0.3, 0.4) is 0 Å². The third-order valence-electron chi connectivity index (χ3n) is 2.98. The molecule has 1 heterocycles. The van der Waals surface area contributed by atoms with Gasteiger partial charge in [-0.1, -0.05) is 0 Å². The molecule has 108 valence electrons. The average Bonchev–Trinajstić information content (AvgIpc) is 2.44. The number of methoxy groups -OCH3 is 1. The van der Waals surface area contributed by atoms with Gasteiger partial charge in [0.15, 0.2) is 18.1 Å². The van der Waals surface area contributed by atoms with E-state index < -0.39 is 5.97 Å². The molecular weight excluding hydrogens is 266 g/mol. The maximum atomic E-state index is 11.9. The van der Waals surface area contributed by atoms with Gasteiger partial charge in [0, 0.05) is 6.54 Å². The first kappa shape index (κ1) is 14.1. The number of rotatable bonds is 5. The van der Waals surface area contributed by atoms with Crippen molar-refractivity contribution in [2.45, 2.75) is 13.0 Å². The number of nitrogens with zero attached hydrogens (tertiary/aromatic N) is 1. The van der Waals surface area contributed by atoms with Gasteiger partial charge < -0.3 is 24.6 Å². The molecule has 0 saturated heterocycles. The fourth-order valence-electron chi connectivity index (χ4n) is 2.03. The van der Waals surface area contributed by atoms with Gasteiger partial charge in [0.25, 0.3) is 5.91 Å². The van der Waals surface area contributed by atoms with E-state index in [1.54, 1.807) is 12.1 Å².